The van der Waals surface area contributed by atoms with Crippen LogP contribution in [0.15, 0.2) is 85.5 Å². The summed E-state index contributed by atoms with van der Waals surface area (Å²) in [5.41, 5.74) is 6.52. The maximum atomic E-state index is 13.3. The summed E-state index contributed by atoms with van der Waals surface area (Å²) in [5, 5.41) is 9.53. The first-order valence-corrected chi connectivity index (χ1v) is 10.8. The highest BCUT2D eigenvalue weighted by Gasteiger charge is 2.17. The lowest BCUT2D eigenvalue weighted by Gasteiger charge is -2.14. The van der Waals surface area contributed by atoms with Gasteiger partial charge in [-0.15, -0.1) is 5.10 Å². The van der Waals surface area contributed by atoms with Crippen LogP contribution in [-0.2, 0) is 0 Å². The van der Waals surface area contributed by atoms with Gasteiger partial charge in [-0.3, -0.25) is 9.97 Å². The minimum atomic E-state index is -0.260. The summed E-state index contributed by atoms with van der Waals surface area (Å²) >= 11 is 0. The summed E-state index contributed by atoms with van der Waals surface area (Å²) < 4.78 is 15.1. The van der Waals surface area contributed by atoms with Crippen LogP contribution in [0, 0.1) is 5.82 Å². The van der Waals surface area contributed by atoms with Gasteiger partial charge in [-0.05, 0) is 60.5 Å². The van der Waals surface area contributed by atoms with Crippen molar-refractivity contribution < 1.29 is 4.39 Å². The zero-order chi connectivity index (χ0) is 23.1. The predicted molar refractivity (Wildman–Crippen MR) is 127 cm³/mol. The first-order chi connectivity index (χ1) is 16.7. The zero-order valence-electron chi connectivity index (χ0n) is 18.2. The Morgan fingerprint density at radius 3 is 2.47 bits per heavy atom. The molecule has 0 aliphatic heterocycles. The van der Waals surface area contributed by atoms with Gasteiger partial charge in [0.15, 0.2) is 5.65 Å². The van der Waals surface area contributed by atoms with E-state index in [-0.39, 0.29) is 11.9 Å². The average Bonchev–Trinajstić information content (AvgIpc) is 3.32. The van der Waals surface area contributed by atoms with Crippen LogP contribution in [0.25, 0.3) is 44.6 Å². The van der Waals surface area contributed by atoms with Crippen molar-refractivity contribution in [3.8, 4) is 22.4 Å². The Morgan fingerprint density at radius 2 is 1.65 bits per heavy atom. The van der Waals surface area contributed by atoms with E-state index in [9.17, 15) is 4.39 Å². The number of hydrogen-bond donors (Lipinski definition) is 0. The molecular formula is C26H18FN7. The highest BCUT2D eigenvalue weighted by atomic mass is 19.1. The van der Waals surface area contributed by atoms with Crippen LogP contribution in [0.2, 0.25) is 0 Å². The maximum Gasteiger partial charge on any atom is 0.221 e. The fourth-order valence-corrected chi connectivity index (χ4v) is 4.00. The molecule has 0 amide bonds. The molecular weight excluding hydrogens is 429 g/mol. The highest BCUT2D eigenvalue weighted by Crippen LogP contribution is 2.28. The smallest absolute Gasteiger partial charge is 0.221 e. The summed E-state index contributed by atoms with van der Waals surface area (Å²) in [6.45, 7) is 2.05. The lowest BCUT2D eigenvalue weighted by molar-refractivity contribution is 0.556. The zero-order valence-corrected chi connectivity index (χ0v) is 18.2. The molecule has 164 valence electrons. The first-order valence-electron chi connectivity index (χ1n) is 10.8. The predicted octanol–water partition coefficient (Wildman–Crippen LogP) is 5.25. The van der Waals surface area contributed by atoms with Gasteiger partial charge in [0.1, 0.15) is 5.82 Å². The number of rotatable bonds is 4. The topological polar surface area (TPSA) is 82.3 Å². The minimum absolute atomic E-state index is 0.133. The van der Waals surface area contributed by atoms with E-state index >= 15 is 0 Å². The summed E-state index contributed by atoms with van der Waals surface area (Å²) in [4.78, 5) is 17.9. The van der Waals surface area contributed by atoms with Gasteiger partial charge < -0.3 is 0 Å². The Labute approximate surface area is 194 Å². The van der Waals surface area contributed by atoms with Crippen molar-refractivity contribution >= 4 is 22.2 Å². The Bertz CT molecular complexity index is 1630. The van der Waals surface area contributed by atoms with E-state index in [0.717, 1.165) is 38.9 Å². The van der Waals surface area contributed by atoms with Crippen LogP contribution in [0.3, 0.4) is 0 Å². The number of halogens is 1. The number of fused-ring (bicyclic) bond motifs is 2. The number of nitrogens with zero attached hydrogens (tertiary/aromatic N) is 7. The molecule has 0 saturated heterocycles. The van der Waals surface area contributed by atoms with Crippen LogP contribution in [0.1, 0.15) is 18.5 Å². The van der Waals surface area contributed by atoms with Gasteiger partial charge >= 0.3 is 0 Å². The molecule has 0 aliphatic rings. The van der Waals surface area contributed by atoms with E-state index in [4.69, 9.17) is 4.98 Å². The standard InChI is InChI=1S/C26H18FN7/c1-16(34-26-25(32-33-34)30-15-24(31-26)18-8-10-28-11-9-18)19-4-7-23-20(12-19)13-21(14-29-23)17-2-5-22(27)6-3-17/h2-16H,1H3. The lowest BCUT2D eigenvalue weighted by Crippen LogP contribution is -2.09. The molecule has 0 N–H and O–H groups in total. The summed E-state index contributed by atoms with van der Waals surface area (Å²) in [6, 6.07) is 18.2. The van der Waals surface area contributed by atoms with Crippen molar-refractivity contribution in [3.05, 3.63) is 96.8 Å². The maximum absolute atomic E-state index is 13.3. The second-order valence-electron chi connectivity index (χ2n) is 8.03. The Kier molecular flexibility index (Phi) is 4.76. The van der Waals surface area contributed by atoms with Crippen molar-refractivity contribution in [2.45, 2.75) is 13.0 Å². The highest BCUT2D eigenvalue weighted by molar-refractivity contribution is 5.84. The van der Waals surface area contributed by atoms with Crippen LogP contribution in [0.5, 0.6) is 0 Å². The van der Waals surface area contributed by atoms with Crippen molar-refractivity contribution in [2.75, 3.05) is 0 Å². The number of benzene rings is 2. The van der Waals surface area contributed by atoms with Crippen LogP contribution >= 0.6 is 0 Å². The van der Waals surface area contributed by atoms with Crippen molar-refractivity contribution in [1.82, 2.24) is 34.9 Å². The molecule has 1 atom stereocenters. The van der Waals surface area contributed by atoms with Gasteiger partial charge in [-0.25, -0.2) is 19.0 Å². The molecule has 4 aromatic heterocycles. The third-order valence-corrected chi connectivity index (χ3v) is 5.90. The molecule has 6 aromatic rings. The average molecular weight is 447 g/mol. The monoisotopic (exact) mass is 447 g/mol. The SMILES string of the molecule is CC(c1ccc2ncc(-c3ccc(F)cc3)cc2c1)n1nnc2ncc(-c3ccncc3)nc21. The van der Waals surface area contributed by atoms with E-state index in [1.54, 1.807) is 41.6 Å². The Hall–Kier alpha value is -4.59. The van der Waals surface area contributed by atoms with Crippen molar-refractivity contribution in [2.24, 2.45) is 0 Å². The molecule has 0 spiro atoms. The van der Waals surface area contributed by atoms with Gasteiger partial charge in [0, 0.05) is 35.1 Å². The summed E-state index contributed by atoms with van der Waals surface area (Å²) in [6.07, 6.45) is 6.95. The van der Waals surface area contributed by atoms with E-state index in [0.29, 0.717) is 11.3 Å². The molecule has 6 rings (SSSR count). The molecule has 0 aliphatic carbocycles. The van der Waals surface area contributed by atoms with Gasteiger partial charge in [0.2, 0.25) is 5.65 Å². The third-order valence-electron chi connectivity index (χ3n) is 5.90. The fourth-order valence-electron chi connectivity index (χ4n) is 4.00. The third kappa shape index (κ3) is 3.55. The molecule has 0 saturated carbocycles. The largest absolute Gasteiger partial charge is 0.265 e. The van der Waals surface area contributed by atoms with Gasteiger partial charge in [0.05, 0.1) is 23.4 Å². The normalized spacial score (nSPS) is 12.3. The summed E-state index contributed by atoms with van der Waals surface area (Å²) in [5.74, 6) is -0.260. The number of aromatic nitrogens is 7. The molecule has 2 aromatic carbocycles. The lowest BCUT2D eigenvalue weighted by atomic mass is 10.0. The second kappa shape index (κ2) is 8.08. The number of pyridine rings is 2. The van der Waals surface area contributed by atoms with Crippen LogP contribution in [0.4, 0.5) is 4.39 Å². The van der Waals surface area contributed by atoms with Crippen LogP contribution < -0.4 is 0 Å². The minimum Gasteiger partial charge on any atom is -0.265 e. The Morgan fingerprint density at radius 1 is 0.824 bits per heavy atom. The van der Waals surface area contributed by atoms with Crippen molar-refractivity contribution in [1.29, 1.82) is 0 Å². The van der Waals surface area contributed by atoms with E-state index in [2.05, 4.69) is 37.4 Å². The molecule has 4 heterocycles. The van der Waals surface area contributed by atoms with Crippen LogP contribution in [-0.4, -0.2) is 34.9 Å². The molecule has 0 bridgehead atoms. The second-order valence-corrected chi connectivity index (χ2v) is 8.03. The van der Waals surface area contributed by atoms with Gasteiger partial charge in [-0.2, -0.15) is 0 Å². The first kappa shape index (κ1) is 20.0. The van der Waals surface area contributed by atoms with E-state index < -0.39 is 0 Å². The van der Waals surface area contributed by atoms with E-state index in [1.165, 1.54) is 12.1 Å². The fraction of sp³-hybridized carbons (Fsp3) is 0.0769. The quantitative estimate of drug-likeness (QED) is 0.367. The van der Waals surface area contributed by atoms with Gasteiger partial charge in [0.25, 0.3) is 0 Å². The van der Waals surface area contributed by atoms with E-state index in [1.807, 2.05) is 31.2 Å². The molecule has 7 nitrogen and oxygen atoms in total. The molecule has 8 heteroatoms. The summed E-state index contributed by atoms with van der Waals surface area (Å²) in [7, 11) is 0. The Balaban J connectivity index is 1.40. The van der Waals surface area contributed by atoms with Gasteiger partial charge in [-0.1, -0.05) is 23.4 Å². The molecule has 1 unspecified atom stereocenters. The molecule has 0 fully saturated rings. The van der Waals surface area contributed by atoms with Crippen molar-refractivity contribution in [3.63, 3.8) is 0 Å². The number of hydrogen-bond acceptors (Lipinski definition) is 6. The molecule has 34 heavy (non-hydrogen) atoms. The molecule has 0 radical (unpaired) electrons.